The fraction of sp³-hybridized carbons (Fsp3) is 0.158. The number of hydrogen-bond donors (Lipinski definition) is 1. The van der Waals surface area contributed by atoms with Gasteiger partial charge in [0.05, 0.1) is 11.4 Å². The number of benzene rings is 1. The first-order valence-corrected chi connectivity index (χ1v) is 7.84. The highest BCUT2D eigenvalue weighted by atomic mass is 15.3. The van der Waals surface area contributed by atoms with Gasteiger partial charge in [-0.1, -0.05) is 31.2 Å². The Bertz CT molecular complexity index is 978. The maximum atomic E-state index is 4.72. The summed E-state index contributed by atoms with van der Waals surface area (Å²) in [6.07, 6.45) is 6.85. The number of H-pyrrole nitrogens is 1. The Balaban J connectivity index is 1.85. The van der Waals surface area contributed by atoms with Gasteiger partial charge in [0.1, 0.15) is 5.65 Å². The largest absolute Gasteiger partial charge is 0.346 e. The van der Waals surface area contributed by atoms with Crippen LogP contribution in [0.4, 0.5) is 0 Å². The van der Waals surface area contributed by atoms with Crippen LogP contribution in [0.15, 0.2) is 55.0 Å². The molecule has 4 aromatic rings. The third-order valence-electron chi connectivity index (χ3n) is 4.23. The van der Waals surface area contributed by atoms with E-state index >= 15 is 0 Å². The van der Waals surface area contributed by atoms with Crippen LogP contribution in [-0.2, 0) is 6.42 Å². The van der Waals surface area contributed by atoms with Crippen LogP contribution in [-0.4, -0.2) is 19.7 Å². The van der Waals surface area contributed by atoms with E-state index in [0.29, 0.717) is 0 Å². The molecule has 3 heterocycles. The van der Waals surface area contributed by atoms with Gasteiger partial charge in [-0.05, 0) is 36.6 Å². The molecule has 0 atom stereocenters. The number of aromatic amines is 1. The van der Waals surface area contributed by atoms with Crippen LogP contribution in [0.25, 0.3) is 27.8 Å². The SMILES string of the molecule is CCc1cccc(-c2cn(-c3ccnc4[nH]ccc34)nc2C)c1. The zero-order valence-electron chi connectivity index (χ0n) is 13.2. The number of aryl methyl sites for hydroxylation is 2. The maximum absolute atomic E-state index is 4.72. The molecule has 0 radical (unpaired) electrons. The van der Waals surface area contributed by atoms with Gasteiger partial charge in [-0.2, -0.15) is 5.10 Å². The lowest BCUT2D eigenvalue weighted by Crippen LogP contribution is -1.96. The fourth-order valence-corrected chi connectivity index (χ4v) is 2.97. The number of nitrogens with one attached hydrogen (secondary N) is 1. The van der Waals surface area contributed by atoms with Gasteiger partial charge < -0.3 is 4.98 Å². The predicted molar refractivity (Wildman–Crippen MR) is 92.8 cm³/mol. The first-order valence-electron chi connectivity index (χ1n) is 7.84. The minimum Gasteiger partial charge on any atom is -0.346 e. The van der Waals surface area contributed by atoms with Crippen molar-refractivity contribution >= 4 is 11.0 Å². The second-order valence-corrected chi connectivity index (χ2v) is 5.70. The predicted octanol–water partition coefficient (Wildman–Crippen LogP) is 4.29. The molecule has 4 nitrogen and oxygen atoms in total. The lowest BCUT2D eigenvalue weighted by molar-refractivity contribution is 0.868. The molecular weight excluding hydrogens is 284 g/mol. The van der Waals surface area contributed by atoms with Crippen molar-refractivity contribution in [2.75, 3.05) is 0 Å². The smallest absolute Gasteiger partial charge is 0.139 e. The van der Waals surface area contributed by atoms with E-state index in [-0.39, 0.29) is 0 Å². The van der Waals surface area contributed by atoms with Gasteiger partial charge in [0.2, 0.25) is 0 Å². The summed E-state index contributed by atoms with van der Waals surface area (Å²) in [5.74, 6) is 0. The standard InChI is InChI=1S/C19H18N4/c1-3-14-5-4-6-15(11-14)17-12-23(22-13(17)2)18-8-10-21-19-16(18)7-9-20-19/h4-12H,3H2,1-2H3,(H,20,21). The van der Waals surface area contributed by atoms with Gasteiger partial charge in [-0.3, -0.25) is 0 Å². The van der Waals surface area contributed by atoms with Crippen molar-refractivity contribution < 1.29 is 0 Å². The zero-order chi connectivity index (χ0) is 15.8. The molecule has 0 aliphatic rings. The topological polar surface area (TPSA) is 46.5 Å². The highest BCUT2D eigenvalue weighted by molar-refractivity contribution is 5.84. The molecule has 4 rings (SSSR count). The number of rotatable bonds is 3. The van der Waals surface area contributed by atoms with Crippen molar-refractivity contribution in [3.63, 3.8) is 0 Å². The second-order valence-electron chi connectivity index (χ2n) is 5.70. The van der Waals surface area contributed by atoms with E-state index < -0.39 is 0 Å². The summed E-state index contributed by atoms with van der Waals surface area (Å²) < 4.78 is 1.95. The van der Waals surface area contributed by atoms with Crippen LogP contribution in [0.2, 0.25) is 0 Å². The molecule has 114 valence electrons. The molecule has 0 fully saturated rings. The molecule has 0 bridgehead atoms. The van der Waals surface area contributed by atoms with Crippen molar-refractivity contribution in [2.24, 2.45) is 0 Å². The molecule has 1 N–H and O–H groups in total. The number of hydrogen-bond acceptors (Lipinski definition) is 2. The lowest BCUT2D eigenvalue weighted by atomic mass is 10.0. The highest BCUT2D eigenvalue weighted by Gasteiger charge is 2.11. The van der Waals surface area contributed by atoms with Gasteiger partial charge in [0.25, 0.3) is 0 Å². The molecule has 0 aliphatic carbocycles. The van der Waals surface area contributed by atoms with E-state index in [2.05, 4.69) is 54.3 Å². The molecule has 4 heteroatoms. The van der Waals surface area contributed by atoms with Crippen molar-refractivity contribution in [1.82, 2.24) is 19.7 Å². The normalized spacial score (nSPS) is 11.2. The van der Waals surface area contributed by atoms with Crippen molar-refractivity contribution in [2.45, 2.75) is 20.3 Å². The monoisotopic (exact) mass is 302 g/mol. The van der Waals surface area contributed by atoms with Gasteiger partial charge >= 0.3 is 0 Å². The van der Waals surface area contributed by atoms with E-state index in [1.807, 2.05) is 29.2 Å². The molecule has 3 aromatic heterocycles. The third-order valence-corrected chi connectivity index (χ3v) is 4.23. The average molecular weight is 302 g/mol. The van der Waals surface area contributed by atoms with Crippen molar-refractivity contribution in [3.8, 4) is 16.8 Å². The first-order chi connectivity index (χ1) is 11.3. The van der Waals surface area contributed by atoms with Crippen LogP contribution in [0, 0.1) is 6.92 Å². The van der Waals surface area contributed by atoms with Crippen molar-refractivity contribution in [1.29, 1.82) is 0 Å². The van der Waals surface area contributed by atoms with E-state index in [0.717, 1.165) is 28.8 Å². The zero-order valence-corrected chi connectivity index (χ0v) is 13.2. The minimum absolute atomic E-state index is 0.880. The number of pyridine rings is 1. The average Bonchev–Trinajstić information content (AvgIpc) is 3.21. The number of fused-ring (bicyclic) bond motifs is 1. The maximum Gasteiger partial charge on any atom is 0.139 e. The summed E-state index contributed by atoms with van der Waals surface area (Å²) in [6.45, 7) is 4.23. The quantitative estimate of drug-likeness (QED) is 0.614. The van der Waals surface area contributed by atoms with Crippen LogP contribution in [0.3, 0.4) is 0 Å². The second kappa shape index (κ2) is 5.39. The summed E-state index contributed by atoms with van der Waals surface area (Å²) in [5, 5.41) is 5.79. The summed E-state index contributed by atoms with van der Waals surface area (Å²) >= 11 is 0. The molecule has 0 saturated heterocycles. The molecule has 0 unspecified atom stereocenters. The van der Waals surface area contributed by atoms with Crippen LogP contribution < -0.4 is 0 Å². The number of aromatic nitrogens is 4. The highest BCUT2D eigenvalue weighted by Crippen LogP contribution is 2.27. The minimum atomic E-state index is 0.880. The lowest BCUT2D eigenvalue weighted by Gasteiger charge is -2.03. The Morgan fingerprint density at radius 2 is 2.09 bits per heavy atom. The summed E-state index contributed by atoms with van der Waals surface area (Å²) in [6, 6.07) is 12.7. The van der Waals surface area contributed by atoms with Gasteiger partial charge in [-0.25, -0.2) is 9.67 Å². The molecule has 0 aliphatic heterocycles. The Morgan fingerprint density at radius 3 is 2.96 bits per heavy atom. The van der Waals surface area contributed by atoms with Crippen molar-refractivity contribution in [3.05, 3.63) is 66.2 Å². The van der Waals surface area contributed by atoms with Gasteiger partial charge in [0.15, 0.2) is 0 Å². The third kappa shape index (κ3) is 2.32. The Kier molecular flexibility index (Phi) is 3.23. The summed E-state index contributed by atoms with van der Waals surface area (Å²) in [5.41, 5.74) is 6.67. The summed E-state index contributed by atoms with van der Waals surface area (Å²) in [4.78, 5) is 7.49. The van der Waals surface area contributed by atoms with Crippen LogP contribution >= 0.6 is 0 Å². The van der Waals surface area contributed by atoms with E-state index in [1.165, 1.54) is 16.7 Å². The Labute approximate surface area is 134 Å². The molecule has 0 saturated carbocycles. The Hall–Kier alpha value is -2.88. The molecule has 0 amide bonds. The van der Waals surface area contributed by atoms with Crippen LogP contribution in [0.1, 0.15) is 18.2 Å². The Morgan fingerprint density at radius 1 is 1.17 bits per heavy atom. The van der Waals surface area contributed by atoms with Gasteiger partial charge in [-0.15, -0.1) is 0 Å². The van der Waals surface area contributed by atoms with E-state index in [1.54, 1.807) is 0 Å². The molecule has 1 aromatic carbocycles. The molecule has 23 heavy (non-hydrogen) atoms. The molecule has 0 spiro atoms. The van der Waals surface area contributed by atoms with Gasteiger partial charge in [0, 0.05) is 29.5 Å². The number of nitrogens with zero attached hydrogens (tertiary/aromatic N) is 3. The first kappa shape index (κ1) is 13.8. The fourth-order valence-electron chi connectivity index (χ4n) is 2.97. The molecular formula is C19H18N4. The summed E-state index contributed by atoms with van der Waals surface area (Å²) in [7, 11) is 0. The van der Waals surface area contributed by atoms with Crippen LogP contribution in [0.5, 0.6) is 0 Å². The van der Waals surface area contributed by atoms with E-state index in [4.69, 9.17) is 5.10 Å². The van der Waals surface area contributed by atoms with E-state index in [9.17, 15) is 0 Å².